The molecule has 0 aromatic heterocycles. The lowest BCUT2D eigenvalue weighted by molar-refractivity contribution is -0.123. The highest BCUT2D eigenvalue weighted by Crippen LogP contribution is 2.21. The van der Waals surface area contributed by atoms with Crippen molar-refractivity contribution in [3.05, 3.63) is 23.8 Å². The van der Waals surface area contributed by atoms with Gasteiger partial charge in [0.1, 0.15) is 0 Å². The summed E-state index contributed by atoms with van der Waals surface area (Å²) in [5.74, 6) is 0.00960. The lowest BCUT2D eigenvalue weighted by Gasteiger charge is -2.18. The Labute approximate surface area is 90.7 Å². The molecule has 0 aliphatic carbocycles. The van der Waals surface area contributed by atoms with Gasteiger partial charge in [-0.25, -0.2) is 0 Å². The third-order valence-corrected chi connectivity index (χ3v) is 2.18. The van der Waals surface area contributed by atoms with Crippen molar-refractivity contribution in [1.29, 1.82) is 0 Å². The maximum atomic E-state index is 11.7. The number of nitrogens with one attached hydrogen (secondary N) is 1. The second kappa shape index (κ2) is 3.93. The summed E-state index contributed by atoms with van der Waals surface area (Å²) in [6, 6.07) is 5.46. The highest BCUT2D eigenvalue weighted by atomic mass is 16.2. The van der Waals surface area contributed by atoms with Crippen LogP contribution in [0.1, 0.15) is 26.3 Å². The molecular weight excluding hydrogens is 188 g/mol. The molecule has 15 heavy (non-hydrogen) atoms. The first-order valence-electron chi connectivity index (χ1n) is 4.98. The van der Waals surface area contributed by atoms with Gasteiger partial charge in [-0.1, -0.05) is 20.8 Å². The van der Waals surface area contributed by atoms with Crippen molar-refractivity contribution in [2.45, 2.75) is 27.7 Å². The number of anilines is 2. The van der Waals surface area contributed by atoms with Gasteiger partial charge in [-0.3, -0.25) is 4.79 Å². The largest absolute Gasteiger partial charge is 0.399 e. The first-order chi connectivity index (χ1) is 6.80. The van der Waals surface area contributed by atoms with Gasteiger partial charge in [-0.05, 0) is 30.7 Å². The number of aryl methyl sites for hydroxylation is 1. The Morgan fingerprint density at radius 3 is 2.40 bits per heavy atom. The van der Waals surface area contributed by atoms with Crippen LogP contribution in [0.4, 0.5) is 11.4 Å². The van der Waals surface area contributed by atoms with E-state index >= 15 is 0 Å². The summed E-state index contributed by atoms with van der Waals surface area (Å²) in [4.78, 5) is 11.7. The molecule has 1 rings (SSSR count). The van der Waals surface area contributed by atoms with Crippen molar-refractivity contribution < 1.29 is 4.79 Å². The summed E-state index contributed by atoms with van der Waals surface area (Å²) in [5, 5.41) is 2.88. The van der Waals surface area contributed by atoms with Crippen LogP contribution in [0, 0.1) is 12.3 Å². The van der Waals surface area contributed by atoms with Crippen molar-refractivity contribution in [3.63, 3.8) is 0 Å². The molecule has 0 aliphatic rings. The number of benzene rings is 1. The molecule has 0 aliphatic heterocycles. The average molecular weight is 206 g/mol. The monoisotopic (exact) mass is 206 g/mol. The predicted molar refractivity (Wildman–Crippen MR) is 63.7 cm³/mol. The molecule has 3 N–H and O–H groups in total. The Kier molecular flexibility index (Phi) is 3.03. The van der Waals surface area contributed by atoms with Crippen LogP contribution in [0.2, 0.25) is 0 Å². The molecule has 0 radical (unpaired) electrons. The Bertz CT molecular complexity index is 378. The van der Waals surface area contributed by atoms with Gasteiger partial charge in [0, 0.05) is 16.8 Å². The van der Waals surface area contributed by atoms with Gasteiger partial charge in [0.05, 0.1) is 0 Å². The minimum absolute atomic E-state index is 0.00960. The molecule has 0 saturated carbocycles. The lowest BCUT2D eigenvalue weighted by Crippen LogP contribution is -2.27. The van der Waals surface area contributed by atoms with Crippen LogP contribution < -0.4 is 11.1 Å². The fraction of sp³-hybridized carbons (Fsp3) is 0.417. The number of hydrogen-bond donors (Lipinski definition) is 2. The Hall–Kier alpha value is -1.51. The second-order valence-electron chi connectivity index (χ2n) is 4.78. The molecule has 0 bridgehead atoms. The summed E-state index contributed by atoms with van der Waals surface area (Å²) in [6.45, 7) is 7.58. The third-order valence-electron chi connectivity index (χ3n) is 2.18. The number of carbonyl (C=O) groups is 1. The predicted octanol–water partition coefficient (Wildman–Crippen LogP) is 2.56. The Morgan fingerprint density at radius 1 is 1.33 bits per heavy atom. The number of hydrogen-bond acceptors (Lipinski definition) is 2. The molecule has 0 atom stereocenters. The standard InChI is InChI=1S/C12H18N2O/c1-8-7-9(13)5-6-10(8)14-11(15)12(2,3)4/h5-7H,13H2,1-4H3,(H,14,15). The van der Waals surface area contributed by atoms with Gasteiger partial charge in [-0.15, -0.1) is 0 Å². The van der Waals surface area contributed by atoms with Gasteiger partial charge in [0.25, 0.3) is 0 Å². The summed E-state index contributed by atoms with van der Waals surface area (Å²) in [5.41, 5.74) is 7.76. The molecule has 0 spiro atoms. The zero-order valence-electron chi connectivity index (χ0n) is 9.72. The number of rotatable bonds is 1. The second-order valence-corrected chi connectivity index (χ2v) is 4.78. The van der Waals surface area contributed by atoms with Gasteiger partial charge in [0.2, 0.25) is 5.91 Å². The SMILES string of the molecule is Cc1cc(N)ccc1NC(=O)C(C)(C)C. The van der Waals surface area contributed by atoms with Gasteiger partial charge >= 0.3 is 0 Å². The third kappa shape index (κ3) is 2.98. The topological polar surface area (TPSA) is 55.1 Å². The normalized spacial score (nSPS) is 11.2. The smallest absolute Gasteiger partial charge is 0.229 e. The minimum Gasteiger partial charge on any atom is -0.399 e. The molecule has 1 aromatic carbocycles. The van der Waals surface area contributed by atoms with E-state index < -0.39 is 0 Å². The molecule has 1 amide bonds. The number of nitrogen functional groups attached to an aromatic ring is 1. The molecule has 0 heterocycles. The van der Waals surface area contributed by atoms with E-state index in [1.807, 2.05) is 39.8 Å². The van der Waals surface area contributed by atoms with Crippen LogP contribution in [0.15, 0.2) is 18.2 Å². The van der Waals surface area contributed by atoms with Crippen molar-refractivity contribution >= 4 is 17.3 Å². The highest BCUT2D eigenvalue weighted by molar-refractivity contribution is 5.95. The van der Waals surface area contributed by atoms with Crippen LogP contribution in [0.25, 0.3) is 0 Å². The van der Waals surface area contributed by atoms with E-state index in [-0.39, 0.29) is 11.3 Å². The van der Waals surface area contributed by atoms with Crippen LogP contribution in [0.5, 0.6) is 0 Å². The fourth-order valence-corrected chi connectivity index (χ4v) is 1.14. The molecule has 0 unspecified atom stereocenters. The molecule has 82 valence electrons. The average Bonchev–Trinajstić information content (AvgIpc) is 2.08. The van der Waals surface area contributed by atoms with Crippen LogP contribution in [-0.2, 0) is 4.79 Å². The van der Waals surface area contributed by atoms with Crippen LogP contribution in [0.3, 0.4) is 0 Å². The molecule has 0 fully saturated rings. The zero-order valence-corrected chi connectivity index (χ0v) is 9.72. The van der Waals surface area contributed by atoms with Gasteiger partial charge in [-0.2, -0.15) is 0 Å². The fourth-order valence-electron chi connectivity index (χ4n) is 1.14. The highest BCUT2D eigenvalue weighted by Gasteiger charge is 2.21. The molecule has 3 nitrogen and oxygen atoms in total. The number of nitrogens with two attached hydrogens (primary N) is 1. The van der Waals surface area contributed by atoms with Crippen LogP contribution in [-0.4, -0.2) is 5.91 Å². The van der Waals surface area contributed by atoms with Crippen molar-refractivity contribution in [1.82, 2.24) is 0 Å². The van der Waals surface area contributed by atoms with Gasteiger partial charge < -0.3 is 11.1 Å². The minimum atomic E-state index is -0.381. The maximum absolute atomic E-state index is 11.7. The van der Waals surface area contributed by atoms with E-state index in [0.29, 0.717) is 5.69 Å². The molecule has 0 saturated heterocycles. The summed E-state index contributed by atoms with van der Waals surface area (Å²) in [6.07, 6.45) is 0. The lowest BCUT2D eigenvalue weighted by atomic mass is 9.95. The molecule has 1 aromatic rings. The van der Waals surface area contributed by atoms with E-state index in [9.17, 15) is 4.79 Å². The van der Waals surface area contributed by atoms with Crippen molar-refractivity contribution in [3.8, 4) is 0 Å². The molecule has 3 heteroatoms. The van der Waals surface area contributed by atoms with E-state index in [0.717, 1.165) is 11.3 Å². The van der Waals surface area contributed by atoms with E-state index in [1.54, 1.807) is 6.07 Å². The first kappa shape index (κ1) is 11.6. The van der Waals surface area contributed by atoms with Crippen molar-refractivity contribution in [2.75, 3.05) is 11.1 Å². The quantitative estimate of drug-likeness (QED) is 0.694. The number of carbonyl (C=O) groups excluding carboxylic acids is 1. The maximum Gasteiger partial charge on any atom is 0.229 e. The molecular formula is C12H18N2O. The Morgan fingerprint density at radius 2 is 1.93 bits per heavy atom. The summed E-state index contributed by atoms with van der Waals surface area (Å²) in [7, 11) is 0. The van der Waals surface area contributed by atoms with E-state index in [1.165, 1.54) is 0 Å². The van der Waals surface area contributed by atoms with Gasteiger partial charge in [0.15, 0.2) is 0 Å². The summed E-state index contributed by atoms with van der Waals surface area (Å²) >= 11 is 0. The zero-order chi connectivity index (χ0) is 11.6. The van der Waals surface area contributed by atoms with Crippen LogP contribution >= 0.6 is 0 Å². The van der Waals surface area contributed by atoms with E-state index in [4.69, 9.17) is 5.73 Å². The first-order valence-corrected chi connectivity index (χ1v) is 4.98. The number of amides is 1. The van der Waals surface area contributed by atoms with E-state index in [2.05, 4.69) is 5.32 Å². The van der Waals surface area contributed by atoms with Crippen molar-refractivity contribution in [2.24, 2.45) is 5.41 Å². The Balaban J connectivity index is 2.87. The summed E-state index contributed by atoms with van der Waals surface area (Å²) < 4.78 is 0.